The molecule has 0 aliphatic carbocycles. The molecule has 0 bridgehead atoms. The van der Waals surface area contributed by atoms with Crippen LogP contribution in [0.15, 0.2) is 24.3 Å². The molecule has 1 aromatic rings. The molecule has 3 amide bonds. The van der Waals surface area contributed by atoms with Gasteiger partial charge in [0.05, 0.1) is 13.1 Å². The molecule has 1 saturated heterocycles. The molecule has 0 saturated carbocycles. The zero-order valence-electron chi connectivity index (χ0n) is 15.8. The summed E-state index contributed by atoms with van der Waals surface area (Å²) in [5, 5.41) is 8.40. The van der Waals surface area contributed by atoms with E-state index in [0.717, 1.165) is 9.13 Å². The van der Waals surface area contributed by atoms with Crippen molar-refractivity contribution >= 4 is 40.3 Å². The Morgan fingerprint density at radius 3 is 2.33 bits per heavy atom. The van der Waals surface area contributed by atoms with Gasteiger partial charge in [-0.15, -0.1) is 0 Å². The number of benzene rings is 1. The molecular formula is C19H27IN4O3. The van der Waals surface area contributed by atoms with Crippen LogP contribution >= 0.6 is 22.6 Å². The third kappa shape index (κ3) is 7.84. The van der Waals surface area contributed by atoms with Gasteiger partial charge in [-0.3, -0.25) is 19.3 Å². The van der Waals surface area contributed by atoms with Crippen molar-refractivity contribution in [2.45, 2.75) is 26.3 Å². The van der Waals surface area contributed by atoms with Crippen LogP contribution in [0.1, 0.15) is 19.4 Å². The number of rotatable bonds is 4. The maximum absolute atomic E-state index is 12.5. The molecule has 27 heavy (non-hydrogen) atoms. The van der Waals surface area contributed by atoms with Gasteiger partial charge in [0.15, 0.2) is 0 Å². The maximum atomic E-state index is 12.5. The van der Waals surface area contributed by atoms with Crippen molar-refractivity contribution in [2.75, 3.05) is 32.7 Å². The molecule has 1 unspecified atom stereocenters. The Morgan fingerprint density at radius 1 is 1.04 bits per heavy atom. The summed E-state index contributed by atoms with van der Waals surface area (Å²) in [7, 11) is 0. The molecule has 3 N–H and O–H groups in total. The molecule has 1 atom stereocenters. The Morgan fingerprint density at radius 2 is 1.67 bits per heavy atom. The zero-order chi connectivity index (χ0) is 19.8. The number of amides is 3. The molecule has 0 aromatic heterocycles. The van der Waals surface area contributed by atoms with Gasteiger partial charge in [0.25, 0.3) is 0 Å². The summed E-state index contributed by atoms with van der Waals surface area (Å²) in [5.41, 5.74) is 0.982. The first-order valence-corrected chi connectivity index (χ1v) is 10.2. The lowest BCUT2D eigenvalue weighted by Gasteiger charge is -2.26. The van der Waals surface area contributed by atoms with Crippen LogP contribution in [-0.2, 0) is 20.8 Å². The summed E-state index contributed by atoms with van der Waals surface area (Å²) in [6, 6.07) is 7.23. The van der Waals surface area contributed by atoms with Gasteiger partial charge in [-0.2, -0.15) is 0 Å². The zero-order valence-corrected chi connectivity index (χ0v) is 17.9. The quantitative estimate of drug-likeness (QED) is 0.542. The average molecular weight is 486 g/mol. The highest BCUT2D eigenvalue weighted by molar-refractivity contribution is 14.1. The predicted molar refractivity (Wildman–Crippen MR) is 112 cm³/mol. The summed E-state index contributed by atoms with van der Waals surface area (Å²) in [6.07, 6.45) is 0.422. The second-order valence-corrected chi connectivity index (χ2v) is 8.40. The van der Waals surface area contributed by atoms with Gasteiger partial charge in [0, 0.05) is 29.6 Å². The minimum Gasteiger partial charge on any atom is -0.353 e. The summed E-state index contributed by atoms with van der Waals surface area (Å²) < 4.78 is 1.11. The number of hydrogen-bond donors (Lipinski definition) is 3. The van der Waals surface area contributed by atoms with E-state index >= 15 is 0 Å². The van der Waals surface area contributed by atoms with Crippen molar-refractivity contribution in [3.05, 3.63) is 33.4 Å². The lowest BCUT2D eigenvalue weighted by molar-refractivity contribution is -0.131. The Labute approximate surface area is 173 Å². The first-order chi connectivity index (χ1) is 12.8. The average Bonchev–Trinajstić information content (AvgIpc) is 2.58. The fraction of sp³-hybridized carbons (Fsp3) is 0.526. The van der Waals surface area contributed by atoms with E-state index in [9.17, 15) is 14.4 Å². The van der Waals surface area contributed by atoms with Crippen LogP contribution < -0.4 is 16.0 Å². The highest BCUT2D eigenvalue weighted by Crippen LogP contribution is 2.09. The van der Waals surface area contributed by atoms with E-state index in [0.29, 0.717) is 32.0 Å². The van der Waals surface area contributed by atoms with Crippen molar-refractivity contribution in [1.82, 2.24) is 20.9 Å². The number of carbonyl (C=O) groups excluding carboxylic acids is 3. The number of halogens is 1. The molecular weight excluding hydrogens is 459 g/mol. The lowest BCUT2D eigenvalue weighted by Crippen LogP contribution is -2.53. The van der Waals surface area contributed by atoms with Gasteiger partial charge in [0.1, 0.15) is 6.04 Å². The van der Waals surface area contributed by atoms with E-state index in [-0.39, 0.29) is 30.8 Å². The van der Waals surface area contributed by atoms with Crippen LogP contribution in [0.5, 0.6) is 0 Å². The third-order valence-corrected chi connectivity index (χ3v) is 4.83. The maximum Gasteiger partial charge on any atom is 0.242 e. The molecule has 148 valence electrons. The summed E-state index contributed by atoms with van der Waals surface area (Å²) in [4.78, 5) is 38.9. The van der Waals surface area contributed by atoms with Crippen molar-refractivity contribution < 1.29 is 14.4 Å². The number of carbonyl (C=O) groups is 3. The molecule has 1 heterocycles. The molecule has 1 fully saturated rings. The molecule has 0 spiro atoms. The molecule has 1 aliphatic rings. The van der Waals surface area contributed by atoms with Gasteiger partial charge in [0.2, 0.25) is 17.7 Å². The second-order valence-electron chi connectivity index (χ2n) is 7.16. The molecule has 7 nitrogen and oxygen atoms in total. The number of hydrogen-bond acceptors (Lipinski definition) is 4. The van der Waals surface area contributed by atoms with Crippen LogP contribution in [0.4, 0.5) is 0 Å². The third-order valence-electron chi connectivity index (χ3n) is 4.11. The molecule has 8 heteroatoms. The first-order valence-electron chi connectivity index (χ1n) is 9.14. The molecule has 0 radical (unpaired) electrons. The van der Waals surface area contributed by atoms with Crippen LogP contribution in [-0.4, -0.2) is 61.4 Å². The highest BCUT2D eigenvalue weighted by Gasteiger charge is 2.24. The van der Waals surface area contributed by atoms with Crippen molar-refractivity contribution in [2.24, 2.45) is 5.92 Å². The van der Waals surface area contributed by atoms with E-state index in [4.69, 9.17) is 0 Å². The fourth-order valence-electron chi connectivity index (χ4n) is 2.98. The lowest BCUT2D eigenvalue weighted by atomic mass is 10.1. The smallest absolute Gasteiger partial charge is 0.242 e. The van der Waals surface area contributed by atoms with Gasteiger partial charge >= 0.3 is 0 Å². The molecule has 2 rings (SSSR count). The van der Waals surface area contributed by atoms with E-state index in [1.165, 1.54) is 0 Å². The van der Waals surface area contributed by atoms with Crippen molar-refractivity contribution in [3.63, 3.8) is 0 Å². The number of nitrogens with zero attached hydrogens (tertiary/aromatic N) is 1. The second kappa shape index (κ2) is 10.6. The number of nitrogens with one attached hydrogen (secondary N) is 3. The molecule has 1 aromatic carbocycles. The van der Waals surface area contributed by atoms with E-state index in [2.05, 4.69) is 38.5 Å². The van der Waals surface area contributed by atoms with Crippen LogP contribution in [0.2, 0.25) is 0 Å². The summed E-state index contributed by atoms with van der Waals surface area (Å²) in [5.74, 6) is -0.320. The minimum absolute atomic E-state index is 0.0854. The summed E-state index contributed by atoms with van der Waals surface area (Å²) >= 11 is 2.23. The van der Waals surface area contributed by atoms with Crippen molar-refractivity contribution in [1.29, 1.82) is 0 Å². The Balaban J connectivity index is 2.11. The first kappa shape index (κ1) is 21.6. The topological polar surface area (TPSA) is 90.5 Å². The Hall–Kier alpha value is -1.68. The standard InChI is InChI=1S/C19H27IN4O3/c1-13(2)10-24-11-17(25)21-7-8-22-19(27)16(23-18(26)12-24)9-14-3-5-15(20)6-4-14/h3-6,13,16H,7-12H2,1-2H3,(H,21,25)(H,22,27)(H,23,26). The summed E-state index contributed by atoms with van der Waals surface area (Å²) in [6.45, 7) is 5.66. The van der Waals surface area contributed by atoms with E-state index in [1.807, 2.05) is 43.0 Å². The Bertz CT molecular complexity index is 663. The van der Waals surface area contributed by atoms with Gasteiger partial charge < -0.3 is 16.0 Å². The van der Waals surface area contributed by atoms with Crippen molar-refractivity contribution in [3.8, 4) is 0 Å². The van der Waals surface area contributed by atoms with E-state index < -0.39 is 6.04 Å². The highest BCUT2D eigenvalue weighted by atomic mass is 127. The SMILES string of the molecule is CC(C)CN1CC(=O)NCCNC(=O)C(Cc2ccc(I)cc2)NC(=O)C1. The Kier molecular flexibility index (Phi) is 8.49. The fourth-order valence-corrected chi connectivity index (χ4v) is 3.34. The van der Waals surface area contributed by atoms with Gasteiger partial charge in [-0.1, -0.05) is 26.0 Å². The van der Waals surface area contributed by atoms with Crippen LogP contribution in [0.3, 0.4) is 0 Å². The monoisotopic (exact) mass is 486 g/mol. The minimum atomic E-state index is -0.645. The van der Waals surface area contributed by atoms with Crippen LogP contribution in [0.25, 0.3) is 0 Å². The van der Waals surface area contributed by atoms with Gasteiger partial charge in [-0.25, -0.2) is 0 Å². The van der Waals surface area contributed by atoms with Gasteiger partial charge in [-0.05, 0) is 46.2 Å². The predicted octanol–water partition coefficient (Wildman–Crippen LogP) is 0.523. The normalized spacial score (nSPS) is 20.3. The molecule has 1 aliphatic heterocycles. The largest absolute Gasteiger partial charge is 0.353 e. The van der Waals surface area contributed by atoms with Crippen LogP contribution in [0, 0.1) is 9.49 Å². The van der Waals surface area contributed by atoms with E-state index in [1.54, 1.807) is 0 Å².